The van der Waals surface area contributed by atoms with E-state index in [2.05, 4.69) is 10.4 Å². The first kappa shape index (κ1) is 27.1. The molecule has 1 amide bonds. The van der Waals surface area contributed by atoms with Crippen molar-refractivity contribution >= 4 is 17.3 Å². The number of halogens is 6. The summed E-state index contributed by atoms with van der Waals surface area (Å²) in [5, 5.41) is 7.86. The number of anilines is 2. The molecule has 3 aromatic rings. The lowest BCUT2D eigenvalue weighted by molar-refractivity contribution is -0.138. The van der Waals surface area contributed by atoms with E-state index in [1.165, 1.54) is 12.1 Å². The molecule has 38 heavy (non-hydrogen) atoms. The SMILES string of the molecule is CC(Cn1ccc(C(=O)N2CCN(c3ccc(C(F)(F)F)cc3)CC2)c1)Nc1cn[nH]c(=O)c1C(F)(F)F. The molecule has 2 N–H and O–H groups in total. The number of nitrogens with zero attached hydrogens (tertiary/aromatic N) is 4. The Morgan fingerprint density at radius 2 is 1.68 bits per heavy atom. The van der Waals surface area contributed by atoms with E-state index >= 15 is 0 Å². The molecular weight excluding hydrogens is 518 g/mol. The molecule has 0 spiro atoms. The minimum Gasteiger partial charge on any atom is -0.379 e. The van der Waals surface area contributed by atoms with Gasteiger partial charge in [-0.3, -0.25) is 9.59 Å². The molecular formula is C24H24F6N6O2. The van der Waals surface area contributed by atoms with Crippen molar-refractivity contribution in [3.63, 3.8) is 0 Å². The smallest absolute Gasteiger partial charge is 0.379 e. The molecule has 3 heterocycles. The number of hydrogen-bond acceptors (Lipinski definition) is 5. The van der Waals surface area contributed by atoms with Gasteiger partial charge in [0.15, 0.2) is 0 Å². The molecule has 4 rings (SSSR count). The predicted molar refractivity (Wildman–Crippen MR) is 127 cm³/mol. The van der Waals surface area contributed by atoms with Gasteiger partial charge < -0.3 is 19.7 Å². The molecule has 0 bridgehead atoms. The normalized spacial score (nSPS) is 15.4. The standard InChI is InChI=1S/C24H24F6N6O2/c1-15(32-19-12-31-33-21(37)20(19)24(28,29)30)13-34-7-6-16(14-34)22(38)36-10-8-35(9-11-36)18-4-2-17(3-5-18)23(25,26)27/h2-7,12,14-15H,8-11,13H2,1H3,(H2,32,33,37). The fraction of sp³-hybridized carbons (Fsp3) is 0.375. The van der Waals surface area contributed by atoms with Crippen LogP contribution in [0.5, 0.6) is 0 Å². The van der Waals surface area contributed by atoms with Crippen LogP contribution in [0.25, 0.3) is 0 Å². The molecule has 1 aliphatic rings. The minimum absolute atomic E-state index is 0.207. The van der Waals surface area contributed by atoms with E-state index in [9.17, 15) is 35.9 Å². The van der Waals surface area contributed by atoms with E-state index in [1.54, 1.807) is 39.9 Å². The number of benzene rings is 1. The molecule has 1 fully saturated rings. The van der Waals surface area contributed by atoms with Gasteiger partial charge in [0.05, 0.1) is 23.0 Å². The van der Waals surface area contributed by atoms with Gasteiger partial charge in [0.1, 0.15) is 5.56 Å². The topological polar surface area (TPSA) is 86.3 Å². The lowest BCUT2D eigenvalue weighted by atomic mass is 10.1. The number of nitrogens with one attached hydrogen (secondary N) is 2. The summed E-state index contributed by atoms with van der Waals surface area (Å²) in [6.45, 7) is 3.48. The Morgan fingerprint density at radius 1 is 1.03 bits per heavy atom. The van der Waals surface area contributed by atoms with Crippen LogP contribution in [-0.4, -0.2) is 57.8 Å². The number of carbonyl (C=O) groups excluding carboxylic acids is 1. The zero-order valence-electron chi connectivity index (χ0n) is 20.1. The first-order valence-electron chi connectivity index (χ1n) is 11.6. The third kappa shape index (κ3) is 6.11. The van der Waals surface area contributed by atoms with Gasteiger partial charge in [-0.15, -0.1) is 0 Å². The zero-order chi connectivity index (χ0) is 27.7. The van der Waals surface area contributed by atoms with Gasteiger partial charge in [-0.2, -0.15) is 31.4 Å². The van der Waals surface area contributed by atoms with E-state index in [0.717, 1.165) is 18.3 Å². The highest BCUT2D eigenvalue weighted by Gasteiger charge is 2.37. The van der Waals surface area contributed by atoms with Gasteiger partial charge >= 0.3 is 12.4 Å². The number of H-pyrrole nitrogens is 1. The second-order valence-corrected chi connectivity index (χ2v) is 8.95. The van der Waals surface area contributed by atoms with Crippen molar-refractivity contribution in [3.8, 4) is 0 Å². The number of rotatable bonds is 6. The van der Waals surface area contributed by atoms with E-state index < -0.39 is 40.8 Å². The summed E-state index contributed by atoms with van der Waals surface area (Å²) in [5.41, 5.74) is -2.83. The number of hydrogen-bond donors (Lipinski definition) is 2. The van der Waals surface area contributed by atoms with Crippen LogP contribution >= 0.6 is 0 Å². The van der Waals surface area contributed by atoms with Crippen LogP contribution in [0.1, 0.15) is 28.4 Å². The average molecular weight is 542 g/mol. The van der Waals surface area contributed by atoms with Gasteiger partial charge in [0.25, 0.3) is 11.5 Å². The Morgan fingerprint density at radius 3 is 2.29 bits per heavy atom. The third-order valence-electron chi connectivity index (χ3n) is 6.15. The average Bonchev–Trinajstić information content (AvgIpc) is 3.30. The molecule has 1 aliphatic heterocycles. The second kappa shape index (κ2) is 10.4. The molecule has 1 saturated heterocycles. The first-order chi connectivity index (χ1) is 17.8. The highest BCUT2D eigenvalue weighted by molar-refractivity contribution is 5.94. The third-order valence-corrected chi connectivity index (χ3v) is 6.15. The number of aromatic nitrogens is 3. The number of amides is 1. The largest absolute Gasteiger partial charge is 0.423 e. The van der Waals surface area contributed by atoms with Gasteiger partial charge in [0.2, 0.25) is 0 Å². The summed E-state index contributed by atoms with van der Waals surface area (Å²) in [6, 6.07) is 5.95. The number of piperazine rings is 1. The van der Waals surface area contributed by atoms with Crippen molar-refractivity contribution in [2.75, 3.05) is 36.4 Å². The van der Waals surface area contributed by atoms with E-state index in [0.29, 0.717) is 37.4 Å². The molecule has 0 aliphatic carbocycles. The molecule has 8 nitrogen and oxygen atoms in total. The Hall–Kier alpha value is -3.97. The van der Waals surface area contributed by atoms with Crippen molar-refractivity contribution in [2.45, 2.75) is 31.9 Å². The number of aromatic amines is 1. The van der Waals surface area contributed by atoms with Crippen molar-refractivity contribution in [1.29, 1.82) is 0 Å². The van der Waals surface area contributed by atoms with Crippen molar-refractivity contribution in [2.24, 2.45) is 0 Å². The summed E-state index contributed by atoms with van der Waals surface area (Å²) in [6.07, 6.45) is -5.15. The fourth-order valence-corrected chi connectivity index (χ4v) is 4.31. The maximum Gasteiger partial charge on any atom is 0.423 e. The van der Waals surface area contributed by atoms with Crippen LogP contribution in [0.2, 0.25) is 0 Å². The Labute approximate surface area is 212 Å². The monoisotopic (exact) mass is 542 g/mol. The van der Waals surface area contributed by atoms with Gasteiger partial charge in [-0.1, -0.05) is 0 Å². The number of carbonyl (C=O) groups is 1. The van der Waals surface area contributed by atoms with E-state index in [1.807, 2.05) is 4.90 Å². The number of alkyl halides is 6. The molecule has 204 valence electrons. The van der Waals surface area contributed by atoms with Crippen LogP contribution in [0.15, 0.2) is 53.7 Å². The summed E-state index contributed by atoms with van der Waals surface area (Å²) < 4.78 is 79.8. The van der Waals surface area contributed by atoms with E-state index in [-0.39, 0.29) is 12.5 Å². The summed E-state index contributed by atoms with van der Waals surface area (Å²) >= 11 is 0. The Balaban J connectivity index is 1.33. The van der Waals surface area contributed by atoms with Crippen LogP contribution in [-0.2, 0) is 18.9 Å². The molecule has 14 heteroatoms. The Kier molecular flexibility index (Phi) is 7.42. The lowest BCUT2D eigenvalue weighted by Gasteiger charge is -2.36. The molecule has 1 unspecified atom stereocenters. The van der Waals surface area contributed by atoms with Crippen molar-refractivity contribution in [1.82, 2.24) is 19.7 Å². The molecule has 2 aromatic heterocycles. The molecule has 1 atom stereocenters. The maximum absolute atomic E-state index is 13.3. The van der Waals surface area contributed by atoms with Crippen LogP contribution in [0, 0.1) is 0 Å². The highest BCUT2D eigenvalue weighted by atomic mass is 19.4. The van der Waals surface area contributed by atoms with Gasteiger partial charge in [-0.05, 0) is 37.3 Å². The molecule has 1 aromatic carbocycles. The fourth-order valence-electron chi connectivity index (χ4n) is 4.31. The predicted octanol–water partition coefficient (Wildman–Crippen LogP) is 4.07. The zero-order valence-corrected chi connectivity index (χ0v) is 20.1. The highest BCUT2D eigenvalue weighted by Crippen LogP contribution is 2.32. The van der Waals surface area contributed by atoms with E-state index in [4.69, 9.17) is 0 Å². The van der Waals surface area contributed by atoms with Crippen molar-refractivity contribution < 1.29 is 31.1 Å². The summed E-state index contributed by atoms with van der Waals surface area (Å²) in [4.78, 5) is 28.1. The van der Waals surface area contributed by atoms with Gasteiger partial charge in [0, 0.05) is 56.8 Å². The Bertz CT molecular complexity index is 1320. The lowest BCUT2D eigenvalue weighted by Crippen LogP contribution is -2.48. The van der Waals surface area contributed by atoms with Crippen LogP contribution in [0.3, 0.4) is 0 Å². The van der Waals surface area contributed by atoms with Crippen LogP contribution in [0.4, 0.5) is 37.7 Å². The first-order valence-corrected chi connectivity index (χ1v) is 11.6. The molecule has 0 radical (unpaired) electrons. The van der Waals surface area contributed by atoms with Crippen molar-refractivity contribution in [3.05, 3.63) is 76.0 Å². The second-order valence-electron chi connectivity index (χ2n) is 8.95. The van der Waals surface area contributed by atoms with Crippen LogP contribution < -0.4 is 15.8 Å². The summed E-state index contributed by atoms with van der Waals surface area (Å²) in [5.74, 6) is -0.227. The summed E-state index contributed by atoms with van der Waals surface area (Å²) in [7, 11) is 0. The van der Waals surface area contributed by atoms with Gasteiger partial charge in [-0.25, -0.2) is 5.10 Å². The quantitative estimate of drug-likeness (QED) is 0.459. The minimum atomic E-state index is -4.86. The molecule has 0 saturated carbocycles. The maximum atomic E-state index is 13.3.